The Morgan fingerprint density at radius 2 is 0.896 bits per heavy atom. The second-order valence-corrected chi connectivity index (χ2v) is 12.5. The van der Waals surface area contributed by atoms with Gasteiger partial charge in [-0.25, -0.2) is 0 Å². The van der Waals surface area contributed by atoms with Crippen LogP contribution in [0.25, 0.3) is 0 Å². The second kappa shape index (κ2) is 36.9. The minimum Gasteiger partial charge on any atom is -0.462 e. The maximum Gasteiger partial charge on any atom is 0.310 e. The summed E-state index contributed by atoms with van der Waals surface area (Å²) in [6.07, 6.45) is 42.5. The lowest BCUT2D eigenvalue weighted by molar-refractivity contribution is -0.166. The first-order chi connectivity index (χ1) is 23.5. The summed E-state index contributed by atoms with van der Waals surface area (Å²) in [5, 5.41) is 0. The molecule has 0 spiro atoms. The Balaban J connectivity index is 4.51. The molecule has 0 aromatic rings. The van der Waals surface area contributed by atoms with E-state index in [-0.39, 0.29) is 31.6 Å². The highest BCUT2D eigenvalue weighted by atomic mass is 16.6. The van der Waals surface area contributed by atoms with Crippen LogP contribution in [0.15, 0.2) is 60.8 Å². The summed E-state index contributed by atoms with van der Waals surface area (Å²) in [7, 11) is 0. The zero-order valence-electron chi connectivity index (χ0n) is 31.0. The van der Waals surface area contributed by atoms with E-state index < -0.39 is 12.1 Å². The lowest BCUT2D eigenvalue weighted by Gasteiger charge is -2.18. The molecule has 0 fully saturated rings. The molecular formula is C42H70O6. The van der Waals surface area contributed by atoms with Crippen molar-refractivity contribution in [2.75, 3.05) is 13.2 Å². The topological polar surface area (TPSA) is 78.9 Å². The molecule has 0 aliphatic heterocycles. The van der Waals surface area contributed by atoms with Crippen molar-refractivity contribution in [2.45, 2.75) is 175 Å². The maximum absolute atomic E-state index is 12.5. The summed E-state index contributed by atoms with van der Waals surface area (Å²) >= 11 is 0. The van der Waals surface area contributed by atoms with Gasteiger partial charge in [0.05, 0.1) is 6.42 Å². The minimum atomic E-state index is -0.831. The van der Waals surface area contributed by atoms with Crippen LogP contribution in [0.5, 0.6) is 0 Å². The third-order valence-electron chi connectivity index (χ3n) is 7.76. The lowest BCUT2D eigenvalue weighted by atomic mass is 10.1. The van der Waals surface area contributed by atoms with E-state index in [1.165, 1.54) is 57.8 Å². The number of hydrogen-bond acceptors (Lipinski definition) is 6. The van der Waals surface area contributed by atoms with Crippen molar-refractivity contribution in [2.24, 2.45) is 0 Å². The van der Waals surface area contributed by atoms with Crippen LogP contribution in [0.1, 0.15) is 168 Å². The van der Waals surface area contributed by atoms with Gasteiger partial charge in [0.2, 0.25) is 0 Å². The quantitative estimate of drug-likeness (QED) is 0.0299. The molecule has 0 N–H and O–H groups in total. The van der Waals surface area contributed by atoms with Crippen molar-refractivity contribution in [3.8, 4) is 0 Å². The molecule has 0 heterocycles. The fourth-order valence-electron chi connectivity index (χ4n) is 4.85. The van der Waals surface area contributed by atoms with Crippen molar-refractivity contribution < 1.29 is 28.6 Å². The first kappa shape index (κ1) is 45.1. The fraction of sp³-hybridized carbons (Fsp3) is 0.690. The third kappa shape index (κ3) is 34.4. The van der Waals surface area contributed by atoms with E-state index in [2.05, 4.69) is 69.4 Å². The summed E-state index contributed by atoms with van der Waals surface area (Å²) in [5.74, 6) is -1.11. The number of rotatable bonds is 33. The SMILES string of the molecule is CC/C=C\C/C=C\C/C=C\CC(=O)OC(COC(=O)CCC/C=C\CCCCCC)COC(=O)CCCCCCC/C=C\CCCCC. The molecule has 0 bridgehead atoms. The van der Waals surface area contributed by atoms with Crippen LogP contribution in [0.4, 0.5) is 0 Å². The Morgan fingerprint density at radius 3 is 1.48 bits per heavy atom. The standard InChI is InChI=1S/C42H70O6/c1-4-7-10-13-16-19-20-21-24-26-29-32-35-41(44)47-38-39(48-42(45)36-33-30-27-23-18-15-12-9-6-3)37-46-40(43)34-31-28-25-22-17-14-11-8-5-2/h9,12,16,18-19,22-23,25,30,33,39H,4-8,10-11,13-15,17,20-21,24,26-29,31-32,34-38H2,1-3H3/b12-9-,19-16-,23-18-,25-22-,33-30-. The molecule has 0 saturated carbocycles. The van der Waals surface area contributed by atoms with Gasteiger partial charge in [0.15, 0.2) is 6.10 Å². The molecule has 0 radical (unpaired) electrons. The fourth-order valence-corrected chi connectivity index (χ4v) is 4.85. The van der Waals surface area contributed by atoms with Gasteiger partial charge in [0.25, 0.3) is 0 Å². The molecule has 0 saturated heterocycles. The number of unbranched alkanes of at least 4 members (excludes halogenated alkanes) is 13. The third-order valence-corrected chi connectivity index (χ3v) is 7.76. The predicted molar refractivity (Wildman–Crippen MR) is 201 cm³/mol. The van der Waals surface area contributed by atoms with Crippen LogP contribution in [-0.4, -0.2) is 37.2 Å². The van der Waals surface area contributed by atoms with E-state index >= 15 is 0 Å². The zero-order chi connectivity index (χ0) is 35.2. The summed E-state index contributed by atoms with van der Waals surface area (Å²) < 4.78 is 16.4. The van der Waals surface area contributed by atoms with Gasteiger partial charge in [0, 0.05) is 12.8 Å². The first-order valence-electron chi connectivity index (χ1n) is 19.3. The average Bonchev–Trinajstić information content (AvgIpc) is 3.08. The molecule has 6 nitrogen and oxygen atoms in total. The second-order valence-electron chi connectivity index (χ2n) is 12.5. The summed E-state index contributed by atoms with van der Waals surface area (Å²) in [6.45, 7) is 6.29. The van der Waals surface area contributed by atoms with Crippen LogP contribution < -0.4 is 0 Å². The number of allylic oxidation sites excluding steroid dienone is 9. The highest BCUT2D eigenvalue weighted by Gasteiger charge is 2.19. The zero-order valence-corrected chi connectivity index (χ0v) is 31.0. The molecule has 0 aromatic heterocycles. The maximum atomic E-state index is 12.5. The molecule has 0 rings (SSSR count). The number of esters is 3. The van der Waals surface area contributed by atoms with E-state index in [0.29, 0.717) is 19.3 Å². The molecule has 0 aliphatic rings. The number of hydrogen-bond donors (Lipinski definition) is 0. The van der Waals surface area contributed by atoms with Gasteiger partial charge in [-0.05, 0) is 77.0 Å². The Labute approximate surface area is 294 Å². The van der Waals surface area contributed by atoms with Gasteiger partial charge in [-0.15, -0.1) is 0 Å². The molecule has 6 heteroatoms. The average molecular weight is 671 g/mol. The van der Waals surface area contributed by atoms with Crippen LogP contribution in [-0.2, 0) is 28.6 Å². The Kier molecular flexibility index (Phi) is 34.7. The Morgan fingerprint density at radius 1 is 0.458 bits per heavy atom. The predicted octanol–water partition coefficient (Wildman–Crippen LogP) is 11.8. The summed E-state index contributed by atoms with van der Waals surface area (Å²) in [5.41, 5.74) is 0. The van der Waals surface area contributed by atoms with Crippen LogP contribution in [0.2, 0.25) is 0 Å². The van der Waals surface area contributed by atoms with Crippen molar-refractivity contribution in [3.05, 3.63) is 60.8 Å². The first-order valence-corrected chi connectivity index (χ1v) is 19.3. The van der Waals surface area contributed by atoms with Gasteiger partial charge in [-0.1, -0.05) is 133 Å². The molecule has 0 aliphatic carbocycles. The highest BCUT2D eigenvalue weighted by Crippen LogP contribution is 2.10. The van der Waals surface area contributed by atoms with Crippen molar-refractivity contribution in [1.29, 1.82) is 0 Å². The van der Waals surface area contributed by atoms with E-state index in [9.17, 15) is 14.4 Å². The van der Waals surface area contributed by atoms with Crippen LogP contribution >= 0.6 is 0 Å². The molecular weight excluding hydrogens is 600 g/mol. The van der Waals surface area contributed by atoms with Gasteiger partial charge in [0.1, 0.15) is 13.2 Å². The van der Waals surface area contributed by atoms with Crippen molar-refractivity contribution in [1.82, 2.24) is 0 Å². The number of carbonyl (C=O) groups excluding carboxylic acids is 3. The van der Waals surface area contributed by atoms with E-state index in [1.54, 1.807) is 6.08 Å². The van der Waals surface area contributed by atoms with Gasteiger partial charge < -0.3 is 14.2 Å². The molecule has 0 aromatic carbocycles. The highest BCUT2D eigenvalue weighted by molar-refractivity contribution is 5.72. The van der Waals surface area contributed by atoms with Gasteiger partial charge in [-0.3, -0.25) is 14.4 Å². The summed E-state index contributed by atoms with van der Waals surface area (Å²) in [6, 6.07) is 0. The Hall–Kier alpha value is -2.89. The smallest absolute Gasteiger partial charge is 0.310 e. The van der Waals surface area contributed by atoms with Crippen molar-refractivity contribution in [3.63, 3.8) is 0 Å². The van der Waals surface area contributed by atoms with E-state index in [0.717, 1.165) is 64.2 Å². The molecule has 0 amide bonds. The monoisotopic (exact) mass is 671 g/mol. The van der Waals surface area contributed by atoms with Crippen LogP contribution in [0.3, 0.4) is 0 Å². The summed E-state index contributed by atoms with van der Waals surface area (Å²) in [4.78, 5) is 37.3. The lowest BCUT2D eigenvalue weighted by Crippen LogP contribution is -2.30. The normalized spacial score (nSPS) is 12.6. The molecule has 1 unspecified atom stereocenters. The van der Waals surface area contributed by atoms with E-state index in [4.69, 9.17) is 14.2 Å². The van der Waals surface area contributed by atoms with Gasteiger partial charge in [-0.2, -0.15) is 0 Å². The number of ether oxygens (including phenoxy) is 3. The van der Waals surface area contributed by atoms with Gasteiger partial charge >= 0.3 is 17.9 Å². The largest absolute Gasteiger partial charge is 0.462 e. The molecule has 1 atom stereocenters. The van der Waals surface area contributed by atoms with Crippen molar-refractivity contribution >= 4 is 17.9 Å². The minimum absolute atomic E-state index is 0.0986. The van der Waals surface area contributed by atoms with E-state index in [1.807, 2.05) is 6.08 Å². The molecule has 48 heavy (non-hydrogen) atoms. The Bertz CT molecular complexity index is 913. The molecule has 274 valence electrons. The number of carbonyl (C=O) groups is 3. The van der Waals surface area contributed by atoms with Crippen LogP contribution in [0, 0.1) is 0 Å².